The Labute approximate surface area is 281 Å². The van der Waals surface area contributed by atoms with E-state index in [0.717, 1.165) is 38.0 Å². The average Bonchev–Trinajstić information content (AvgIpc) is 3.95. The van der Waals surface area contributed by atoms with E-state index in [-0.39, 0.29) is 69.9 Å². The molecule has 3 fully saturated rings. The van der Waals surface area contributed by atoms with Crippen molar-refractivity contribution in [2.45, 2.75) is 68.3 Å². The summed E-state index contributed by atoms with van der Waals surface area (Å²) in [6, 6.07) is 4.47. The number of phenolic OH excluding ortho intramolecular Hbond substituents is 1. The van der Waals surface area contributed by atoms with Crippen LogP contribution in [0.4, 0.5) is 10.1 Å². The lowest BCUT2D eigenvalue weighted by Gasteiger charge is -2.45. The quantitative estimate of drug-likeness (QED) is 0.262. The van der Waals surface area contributed by atoms with Crippen molar-refractivity contribution in [2.24, 2.45) is 0 Å². The number of nitrogens with zero attached hydrogens (tertiary/aromatic N) is 6. The van der Waals surface area contributed by atoms with Crippen LogP contribution in [0.5, 0.6) is 5.75 Å². The lowest BCUT2D eigenvalue weighted by molar-refractivity contribution is -0.128. The molecule has 7 rings (SSSR count). The number of anilines is 1. The van der Waals surface area contributed by atoms with Gasteiger partial charge in [-0.3, -0.25) is 14.2 Å². The average molecular weight is 693 g/mol. The molecule has 1 amide bonds. The largest absolute Gasteiger partial charge is 0.507 e. The fraction of sp³-hybridized carbons (Fsp3) is 0.382. The maximum atomic E-state index is 15.3. The molecule has 1 aliphatic heterocycles. The molecule has 3 aliphatic rings. The number of aromatic hydroxyl groups is 1. The summed E-state index contributed by atoms with van der Waals surface area (Å²) in [4.78, 5) is 44.6. The summed E-state index contributed by atoms with van der Waals surface area (Å²) < 4.78 is 44.2. The van der Waals surface area contributed by atoms with Crippen molar-refractivity contribution in [1.29, 1.82) is 0 Å². The van der Waals surface area contributed by atoms with Gasteiger partial charge in [0.25, 0.3) is 5.56 Å². The summed E-state index contributed by atoms with van der Waals surface area (Å²) in [5.74, 6) is -1.36. The normalized spacial score (nSPS) is 19.9. The summed E-state index contributed by atoms with van der Waals surface area (Å²) in [6.07, 6.45) is 7.06. The smallest absolute Gasteiger partial charge is 0.277 e. The number of benzene rings is 1. The number of amides is 1. The van der Waals surface area contributed by atoms with Gasteiger partial charge in [-0.15, -0.1) is 0 Å². The van der Waals surface area contributed by atoms with Gasteiger partial charge >= 0.3 is 0 Å². The molecule has 2 saturated carbocycles. The first-order chi connectivity index (χ1) is 22.8. The Morgan fingerprint density at radius 2 is 1.71 bits per heavy atom. The number of hydrogen-bond acceptors (Lipinski definition) is 9. The van der Waals surface area contributed by atoms with Crippen LogP contribution in [0.3, 0.4) is 0 Å². The third kappa shape index (κ3) is 5.33. The number of phenols is 1. The van der Waals surface area contributed by atoms with Crippen LogP contribution in [0, 0.1) is 5.82 Å². The molecule has 1 saturated heterocycles. The van der Waals surface area contributed by atoms with Crippen molar-refractivity contribution >= 4 is 44.1 Å². The molecule has 250 valence electrons. The molecular weight excluding hydrogens is 659 g/mol. The number of halogens is 2. The van der Waals surface area contributed by atoms with Gasteiger partial charge in [-0.1, -0.05) is 24.2 Å². The van der Waals surface area contributed by atoms with Crippen LogP contribution in [0.1, 0.15) is 62.8 Å². The van der Waals surface area contributed by atoms with Crippen molar-refractivity contribution < 1.29 is 22.7 Å². The first-order valence-corrected chi connectivity index (χ1v) is 18.1. The molecule has 2 aliphatic carbocycles. The van der Waals surface area contributed by atoms with Crippen LogP contribution in [-0.2, 0) is 14.6 Å². The van der Waals surface area contributed by atoms with Gasteiger partial charge in [0.05, 0.1) is 39.0 Å². The molecule has 48 heavy (non-hydrogen) atoms. The zero-order valence-electron chi connectivity index (χ0n) is 26.7. The first kappa shape index (κ1) is 32.2. The molecule has 4 aromatic rings. The number of rotatable bonds is 7. The molecule has 4 heterocycles. The zero-order chi connectivity index (χ0) is 34.2. The second-order valence-corrected chi connectivity index (χ2v) is 15.4. The van der Waals surface area contributed by atoms with Crippen LogP contribution in [-0.4, -0.2) is 75.3 Å². The van der Waals surface area contributed by atoms with Crippen molar-refractivity contribution in [3.05, 3.63) is 75.8 Å². The van der Waals surface area contributed by atoms with Crippen LogP contribution < -0.4 is 10.5 Å². The Morgan fingerprint density at radius 1 is 1.06 bits per heavy atom. The number of fused-ring (bicyclic) bond motifs is 1. The van der Waals surface area contributed by atoms with E-state index in [2.05, 4.69) is 16.5 Å². The van der Waals surface area contributed by atoms with Gasteiger partial charge in [0.15, 0.2) is 14.7 Å². The number of hydrogen-bond donors (Lipinski definition) is 1. The molecule has 0 bridgehead atoms. The number of sulfone groups is 1. The second-order valence-electron chi connectivity index (χ2n) is 13.0. The maximum absolute atomic E-state index is 15.3. The predicted octanol–water partition coefficient (Wildman–Crippen LogP) is 5.11. The molecular formula is C34H34ClFN6O5S. The monoisotopic (exact) mass is 692 g/mol. The van der Waals surface area contributed by atoms with Crippen LogP contribution in [0.15, 0.2) is 52.9 Å². The number of piperazine rings is 1. The minimum absolute atomic E-state index is 0.0208. The maximum Gasteiger partial charge on any atom is 0.277 e. The molecule has 0 spiro atoms. The summed E-state index contributed by atoms with van der Waals surface area (Å²) >= 11 is 6.85. The molecule has 2 atom stereocenters. The minimum atomic E-state index is -4.22. The summed E-state index contributed by atoms with van der Waals surface area (Å²) in [5.41, 5.74) is 0.511. The highest BCUT2D eigenvalue weighted by atomic mass is 35.5. The Balaban J connectivity index is 1.62. The van der Waals surface area contributed by atoms with Gasteiger partial charge in [-0.25, -0.2) is 27.8 Å². The third-order valence-corrected chi connectivity index (χ3v) is 10.8. The van der Waals surface area contributed by atoms with Gasteiger partial charge in [0.1, 0.15) is 23.5 Å². The predicted molar refractivity (Wildman–Crippen MR) is 180 cm³/mol. The van der Waals surface area contributed by atoms with Crippen LogP contribution in [0.2, 0.25) is 5.02 Å². The van der Waals surface area contributed by atoms with Gasteiger partial charge in [0.2, 0.25) is 5.91 Å². The van der Waals surface area contributed by atoms with Crippen molar-refractivity contribution in [1.82, 2.24) is 24.4 Å². The van der Waals surface area contributed by atoms with E-state index in [1.165, 1.54) is 35.2 Å². The van der Waals surface area contributed by atoms with E-state index in [1.807, 2.05) is 13.8 Å². The molecule has 0 radical (unpaired) electrons. The van der Waals surface area contributed by atoms with E-state index in [1.54, 1.807) is 9.80 Å². The van der Waals surface area contributed by atoms with E-state index < -0.39 is 37.9 Å². The molecule has 0 unspecified atom stereocenters. The van der Waals surface area contributed by atoms with E-state index >= 15 is 4.39 Å². The summed E-state index contributed by atoms with van der Waals surface area (Å²) in [7, 11) is -4.22. The SMILES string of the molecule is C=CC(=O)N1C[C@H](C)N(c2c(S(C)(=O)=O)c(=O)n(-c3c(C4CC4)ncnc3C3CC3)c3nc(-c4c(O)cccc4F)c(Cl)cc23)C[C@H]1C. The molecule has 1 N–H and O–H groups in total. The topological polar surface area (TPSA) is 139 Å². The molecule has 3 aromatic heterocycles. The Morgan fingerprint density at radius 3 is 2.27 bits per heavy atom. The van der Waals surface area contributed by atoms with Crippen molar-refractivity contribution in [3.8, 4) is 22.7 Å². The minimum Gasteiger partial charge on any atom is -0.507 e. The third-order valence-electron chi connectivity index (χ3n) is 9.40. The Kier molecular flexibility index (Phi) is 7.82. The number of carbonyl (C=O) groups is 1. The van der Waals surface area contributed by atoms with E-state index in [9.17, 15) is 23.1 Å². The van der Waals surface area contributed by atoms with E-state index in [0.29, 0.717) is 17.1 Å². The molecule has 14 heteroatoms. The standard InChI is InChI=1S/C34H34ClFN6O5S/c1-5-25(44)40-14-18(3)41(15-17(40)2)30-21-13-22(35)29(26-23(36)7-6-8-24(26)43)39-33(21)42(34(45)32(30)48(4,46)47)31-27(19-9-10-19)37-16-38-28(31)20-11-12-20/h5-8,13,16-20,43H,1,9-12,14-15H2,2-4H3/t17-,18+/m1/s1. The zero-order valence-corrected chi connectivity index (χ0v) is 28.2. The summed E-state index contributed by atoms with van der Waals surface area (Å²) in [5, 5.41) is 10.9. The first-order valence-electron chi connectivity index (χ1n) is 15.8. The lowest BCUT2D eigenvalue weighted by atomic mass is 10.0. The van der Waals surface area contributed by atoms with Gasteiger partial charge in [0, 0.05) is 48.7 Å². The Bertz CT molecular complexity index is 2150. The fourth-order valence-electron chi connectivity index (χ4n) is 6.80. The number of pyridine rings is 2. The van der Waals surface area contributed by atoms with Gasteiger partial charge < -0.3 is 14.9 Å². The highest BCUT2D eigenvalue weighted by Gasteiger charge is 2.40. The molecule has 1 aromatic carbocycles. The summed E-state index contributed by atoms with van der Waals surface area (Å²) in [6.45, 7) is 7.69. The van der Waals surface area contributed by atoms with Crippen molar-refractivity contribution in [2.75, 3.05) is 24.2 Å². The van der Waals surface area contributed by atoms with Crippen molar-refractivity contribution in [3.63, 3.8) is 0 Å². The van der Waals surface area contributed by atoms with Crippen LogP contribution >= 0.6 is 11.6 Å². The lowest BCUT2D eigenvalue weighted by Crippen LogP contribution is -2.58. The Hall–Kier alpha value is -4.36. The second kappa shape index (κ2) is 11.7. The van der Waals surface area contributed by atoms with Gasteiger partial charge in [-0.2, -0.15) is 0 Å². The number of aromatic nitrogens is 4. The van der Waals surface area contributed by atoms with Gasteiger partial charge in [-0.05, 0) is 63.8 Å². The van der Waals surface area contributed by atoms with E-state index in [4.69, 9.17) is 16.6 Å². The highest BCUT2D eigenvalue weighted by molar-refractivity contribution is 7.90. The highest BCUT2D eigenvalue weighted by Crippen LogP contribution is 2.48. The number of carbonyl (C=O) groups excluding carboxylic acids is 1. The van der Waals surface area contributed by atoms with Crippen LogP contribution in [0.25, 0.3) is 28.0 Å². The molecule has 11 nitrogen and oxygen atoms in total. The fourth-order valence-corrected chi connectivity index (χ4v) is 8.04.